The van der Waals surface area contributed by atoms with Gasteiger partial charge in [0.2, 0.25) is 0 Å². The van der Waals surface area contributed by atoms with Crippen molar-refractivity contribution in [3.63, 3.8) is 0 Å². The smallest absolute Gasteiger partial charge is 0.433 e. The van der Waals surface area contributed by atoms with Gasteiger partial charge in [-0.15, -0.1) is 0 Å². The first-order chi connectivity index (χ1) is 9.69. The Kier molecular flexibility index (Phi) is 4.23. The molecule has 0 N–H and O–H groups in total. The molecule has 102 valence electrons. The first kappa shape index (κ1) is 13.5. The quantitative estimate of drug-likeness (QED) is 0.475. The highest BCUT2D eigenvalue weighted by Gasteiger charge is 2.09. The normalized spacial score (nSPS) is 11.2. The predicted molar refractivity (Wildman–Crippen MR) is 73.5 cm³/mol. The summed E-state index contributed by atoms with van der Waals surface area (Å²) in [5.41, 5.74) is 0.855. The second kappa shape index (κ2) is 6.28. The van der Waals surface area contributed by atoms with Crippen LogP contribution in [0.1, 0.15) is 11.3 Å². The fourth-order valence-corrected chi connectivity index (χ4v) is 1.39. The molecule has 1 aromatic heterocycles. The highest BCUT2D eigenvalue weighted by Crippen LogP contribution is 2.14. The largest absolute Gasteiger partial charge is 0.497 e. The van der Waals surface area contributed by atoms with Crippen molar-refractivity contribution in [1.82, 2.24) is 0 Å². The monoisotopic (exact) mass is 273 g/mol. The molecule has 0 aliphatic rings. The van der Waals surface area contributed by atoms with E-state index in [0.717, 1.165) is 11.3 Å². The molecule has 0 fully saturated rings. The SMILES string of the molecule is COc1ccc(/C=N/N=C/c2ccc([N+](=O)[O-])o2)cc1. The van der Waals surface area contributed by atoms with Gasteiger partial charge in [0, 0.05) is 0 Å². The zero-order valence-electron chi connectivity index (χ0n) is 10.6. The van der Waals surface area contributed by atoms with Gasteiger partial charge < -0.3 is 9.15 Å². The molecule has 0 amide bonds. The molecular formula is C13H11N3O4. The van der Waals surface area contributed by atoms with Crippen LogP contribution in [0, 0.1) is 10.1 Å². The lowest BCUT2D eigenvalue weighted by Crippen LogP contribution is -1.84. The summed E-state index contributed by atoms with van der Waals surface area (Å²) in [6.45, 7) is 0. The van der Waals surface area contributed by atoms with Crippen molar-refractivity contribution in [1.29, 1.82) is 0 Å². The van der Waals surface area contributed by atoms with Crippen LogP contribution in [-0.4, -0.2) is 24.5 Å². The highest BCUT2D eigenvalue weighted by atomic mass is 16.6. The van der Waals surface area contributed by atoms with Gasteiger partial charge in [0.15, 0.2) is 5.76 Å². The number of hydrogen-bond donors (Lipinski definition) is 0. The van der Waals surface area contributed by atoms with Crippen LogP contribution < -0.4 is 4.74 Å². The van der Waals surface area contributed by atoms with Crippen LogP contribution in [-0.2, 0) is 0 Å². The fraction of sp³-hybridized carbons (Fsp3) is 0.0769. The molecule has 0 radical (unpaired) electrons. The molecule has 7 heteroatoms. The van der Waals surface area contributed by atoms with Crippen LogP contribution in [0.2, 0.25) is 0 Å². The van der Waals surface area contributed by atoms with Crippen molar-refractivity contribution in [2.75, 3.05) is 7.11 Å². The number of rotatable bonds is 5. The van der Waals surface area contributed by atoms with E-state index in [1.165, 1.54) is 18.3 Å². The second-order valence-corrected chi connectivity index (χ2v) is 3.70. The van der Waals surface area contributed by atoms with Gasteiger partial charge in [0.05, 0.1) is 25.6 Å². The Balaban J connectivity index is 1.97. The van der Waals surface area contributed by atoms with Crippen LogP contribution in [0.4, 0.5) is 5.88 Å². The van der Waals surface area contributed by atoms with E-state index in [1.807, 2.05) is 12.1 Å². The fourth-order valence-electron chi connectivity index (χ4n) is 1.39. The van der Waals surface area contributed by atoms with Gasteiger partial charge in [-0.25, -0.2) is 0 Å². The zero-order valence-corrected chi connectivity index (χ0v) is 10.6. The third-order valence-corrected chi connectivity index (χ3v) is 2.37. The topological polar surface area (TPSA) is 90.2 Å². The minimum Gasteiger partial charge on any atom is -0.497 e. The van der Waals surface area contributed by atoms with Crippen LogP contribution in [0.5, 0.6) is 5.75 Å². The van der Waals surface area contributed by atoms with Gasteiger partial charge in [-0.1, -0.05) is 0 Å². The maximum Gasteiger partial charge on any atom is 0.433 e. The van der Waals surface area contributed by atoms with E-state index in [1.54, 1.807) is 25.5 Å². The third kappa shape index (κ3) is 3.52. The van der Waals surface area contributed by atoms with Crippen molar-refractivity contribution in [2.45, 2.75) is 0 Å². The molecule has 0 saturated carbocycles. The lowest BCUT2D eigenvalue weighted by Gasteiger charge is -1.97. The first-order valence-electron chi connectivity index (χ1n) is 5.64. The number of benzene rings is 1. The zero-order chi connectivity index (χ0) is 14.4. The van der Waals surface area contributed by atoms with Crippen LogP contribution >= 0.6 is 0 Å². The molecule has 1 aromatic carbocycles. The van der Waals surface area contributed by atoms with E-state index in [4.69, 9.17) is 9.15 Å². The van der Waals surface area contributed by atoms with Crippen LogP contribution in [0.3, 0.4) is 0 Å². The van der Waals surface area contributed by atoms with E-state index >= 15 is 0 Å². The Hall–Kier alpha value is -2.96. The first-order valence-corrected chi connectivity index (χ1v) is 5.64. The molecule has 0 bridgehead atoms. The Labute approximate surface area is 114 Å². The average molecular weight is 273 g/mol. The summed E-state index contributed by atoms with van der Waals surface area (Å²) in [7, 11) is 1.59. The summed E-state index contributed by atoms with van der Waals surface area (Å²) < 4.78 is 9.92. The summed E-state index contributed by atoms with van der Waals surface area (Å²) in [5.74, 6) is 0.697. The molecule has 7 nitrogen and oxygen atoms in total. The summed E-state index contributed by atoms with van der Waals surface area (Å²) in [4.78, 5) is 9.80. The maximum atomic E-state index is 10.4. The van der Waals surface area contributed by atoms with Crippen molar-refractivity contribution >= 4 is 18.3 Å². The van der Waals surface area contributed by atoms with Crippen LogP contribution in [0.15, 0.2) is 51.0 Å². The Morgan fingerprint density at radius 1 is 1.15 bits per heavy atom. The minimum absolute atomic E-state index is 0.267. The molecule has 1 heterocycles. The number of furan rings is 1. The molecule has 0 spiro atoms. The summed E-state index contributed by atoms with van der Waals surface area (Å²) >= 11 is 0. The summed E-state index contributed by atoms with van der Waals surface area (Å²) in [5, 5.41) is 18.0. The second-order valence-electron chi connectivity index (χ2n) is 3.70. The van der Waals surface area contributed by atoms with E-state index in [2.05, 4.69) is 10.2 Å². The number of nitrogens with zero attached hydrogens (tertiary/aromatic N) is 3. The van der Waals surface area contributed by atoms with Gasteiger partial charge in [-0.05, 0) is 35.9 Å². The summed E-state index contributed by atoms with van der Waals surface area (Å²) in [6, 6.07) is 9.98. The van der Waals surface area contributed by atoms with Crippen molar-refractivity contribution in [3.8, 4) is 5.75 Å². The molecule has 20 heavy (non-hydrogen) atoms. The summed E-state index contributed by atoms with van der Waals surface area (Å²) in [6.07, 6.45) is 2.85. The van der Waals surface area contributed by atoms with Gasteiger partial charge in [-0.3, -0.25) is 10.1 Å². The Bertz CT molecular complexity index is 644. The van der Waals surface area contributed by atoms with E-state index < -0.39 is 4.92 Å². The average Bonchev–Trinajstić information content (AvgIpc) is 2.93. The molecule has 0 aliphatic heterocycles. The lowest BCUT2D eigenvalue weighted by atomic mass is 10.2. The van der Waals surface area contributed by atoms with Crippen molar-refractivity contribution in [3.05, 3.63) is 57.8 Å². The van der Waals surface area contributed by atoms with E-state index in [-0.39, 0.29) is 11.6 Å². The van der Waals surface area contributed by atoms with Crippen LogP contribution in [0.25, 0.3) is 0 Å². The van der Waals surface area contributed by atoms with Gasteiger partial charge >= 0.3 is 5.88 Å². The highest BCUT2D eigenvalue weighted by molar-refractivity contribution is 5.81. The molecular weight excluding hydrogens is 262 g/mol. The number of nitro groups is 1. The van der Waals surface area contributed by atoms with Gasteiger partial charge in [0.25, 0.3) is 0 Å². The molecule has 2 rings (SSSR count). The van der Waals surface area contributed by atoms with Gasteiger partial charge in [0.1, 0.15) is 10.7 Å². The third-order valence-electron chi connectivity index (χ3n) is 2.37. The van der Waals surface area contributed by atoms with Crippen molar-refractivity contribution < 1.29 is 14.1 Å². The number of ether oxygens (including phenoxy) is 1. The minimum atomic E-state index is -0.613. The Morgan fingerprint density at radius 2 is 1.85 bits per heavy atom. The van der Waals surface area contributed by atoms with E-state index in [9.17, 15) is 10.1 Å². The maximum absolute atomic E-state index is 10.4. The molecule has 0 unspecified atom stereocenters. The number of hydrogen-bond acceptors (Lipinski definition) is 6. The molecule has 0 saturated heterocycles. The molecule has 0 aliphatic carbocycles. The predicted octanol–water partition coefficient (Wildman–Crippen LogP) is 2.65. The molecule has 0 atom stereocenters. The lowest BCUT2D eigenvalue weighted by molar-refractivity contribution is -0.402. The van der Waals surface area contributed by atoms with Crippen molar-refractivity contribution in [2.24, 2.45) is 10.2 Å². The number of methoxy groups -OCH3 is 1. The van der Waals surface area contributed by atoms with Gasteiger partial charge in [-0.2, -0.15) is 10.2 Å². The van der Waals surface area contributed by atoms with E-state index in [0.29, 0.717) is 0 Å². The molecule has 2 aromatic rings. The Morgan fingerprint density at radius 3 is 2.45 bits per heavy atom. The standard InChI is InChI=1S/C13H11N3O4/c1-19-11-4-2-10(3-5-11)8-14-15-9-12-6-7-13(20-12)16(17)18/h2-9H,1H3/b14-8+,15-9+.